The number of benzene rings is 7. The van der Waals surface area contributed by atoms with Crippen LogP contribution in [0.5, 0.6) is 0 Å². The molecule has 0 amide bonds. The molecule has 7 rings (SSSR count). The summed E-state index contributed by atoms with van der Waals surface area (Å²) in [5, 5.41) is 2.42. The van der Waals surface area contributed by atoms with Crippen molar-refractivity contribution >= 4 is 44.9 Å². The highest BCUT2D eigenvalue weighted by Gasteiger charge is 2.16. The fraction of sp³-hybridized carbons (Fsp3) is 0. The van der Waals surface area contributed by atoms with Crippen LogP contribution >= 0.6 is 0 Å². The minimum absolute atomic E-state index is 1.13. The number of rotatable bonds is 7. The van der Waals surface area contributed by atoms with E-state index in [0.29, 0.717) is 0 Å². The summed E-state index contributed by atoms with van der Waals surface area (Å²) in [5.41, 5.74) is 9.22. The highest BCUT2D eigenvalue weighted by molar-refractivity contribution is 6.00. The highest BCUT2D eigenvalue weighted by atomic mass is 15.1. The number of anilines is 6. The van der Waals surface area contributed by atoms with Gasteiger partial charge in [-0.25, -0.2) is 0 Å². The Morgan fingerprint density at radius 2 is 0.714 bits per heavy atom. The molecule has 0 bridgehead atoms. The summed E-state index contributed by atoms with van der Waals surface area (Å²) in [5.74, 6) is 0. The summed E-state index contributed by atoms with van der Waals surface area (Å²) in [6.45, 7) is 0. The topological polar surface area (TPSA) is 6.48 Å². The normalized spacial score (nSPS) is 10.9. The third-order valence-electron chi connectivity index (χ3n) is 7.61. The minimum Gasteiger partial charge on any atom is -0.311 e. The fourth-order valence-electron chi connectivity index (χ4n) is 5.63. The van der Waals surface area contributed by atoms with Crippen LogP contribution in [0.2, 0.25) is 0 Å². The van der Waals surface area contributed by atoms with Crippen molar-refractivity contribution < 1.29 is 0 Å². The molecule has 0 saturated carbocycles. The molecule has 0 radical (unpaired) electrons. The van der Waals surface area contributed by atoms with E-state index in [-0.39, 0.29) is 0 Å². The van der Waals surface area contributed by atoms with Crippen molar-refractivity contribution in [3.63, 3.8) is 0 Å². The van der Waals surface area contributed by atoms with Crippen LogP contribution in [-0.2, 0) is 0 Å². The van der Waals surface area contributed by atoms with E-state index in [1.165, 1.54) is 21.9 Å². The van der Waals surface area contributed by atoms with Gasteiger partial charge >= 0.3 is 0 Å². The predicted molar refractivity (Wildman–Crippen MR) is 179 cm³/mol. The Kier molecular flexibility index (Phi) is 6.94. The van der Waals surface area contributed by atoms with Gasteiger partial charge in [-0.1, -0.05) is 109 Å². The Morgan fingerprint density at radius 1 is 0.286 bits per heavy atom. The Bertz CT molecular complexity index is 1820. The van der Waals surface area contributed by atoms with Gasteiger partial charge in [-0.15, -0.1) is 0 Å². The molecule has 0 aliphatic carbocycles. The van der Waals surface area contributed by atoms with Crippen molar-refractivity contribution in [1.29, 1.82) is 0 Å². The van der Waals surface area contributed by atoms with Crippen molar-refractivity contribution in [3.8, 4) is 11.1 Å². The minimum atomic E-state index is 1.13. The average Bonchev–Trinajstić information content (AvgIpc) is 3.07. The zero-order valence-electron chi connectivity index (χ0n) is 23.2. The molecule has 0 aliphatic rings. The summed E-state index contributed by atoms with van der Waals surface area (Å²) in [4.78, 5) is 4.62. The summed E-state index contributed by atoms with van der Waals surface area (Å²) < 4.78 is 0. The molecule has 0 heterocycles. The van der Waals surface area contributed by atoms with Crippen molar-refractivity contribution in [2.45, 2.75) is 0 Å². The first-order chi connectivity index (χ1) is 20.8. The van der Waals surface area contributed by atoms with Gasteiger partial charge in [0.2, 0.25) is 0 Å². The lowest BCUT2D eigenvalue weighted by atomic mass is 9.99. The van der Waals surface area contributed by atoms with Crippen LogP contribution in [-0.4, -0.2) is 0 Å². The van der Waals surface area contributed by atoms with Crippen LogP contribution < -0.4 is 9.80 Å². The number of para-hydroxylation sites is 4. The number of nitrogens with zero attached hydrogens (tertiary/aromatic N) is 2. The first-order valence-electron chi connectivity index (χ1n) is 14.3. The highest BCUT2D eigenvalue weighted by Crippen LogP contribution is 2.40. The molecule has 0 fully saturated rings. The molecular weight excluding hydrogens is 508 g/mol. The first-order valence-corrected chi connectivity index (χ1v) is 14.3. The van der Waals surface area contributed by atoms with Crippen LogP contribution in [0.1, 0.15) is 0 Å². The second kappa shape index (κ2) is 11.5. The molecule has 42 heavy (non-hydrogen) atoms. The molecule has 0 spiro atoms. The molecule has 0 aliphatic heterocycles. The SMILES string of the molecule is c1ccc(N(c2ccccc2)c2ccc(-c3ccc4c(N(c5ccccc5)c5ccccc5)cccc4c3)cc2)cc1. The Labute approximate surface area is 247 Å². The fourth-order valence-corrected chi connectivity index (χ4v) is 5.63. The predicted octanol–water partition coefficient (Wildman–Crippen LogP) is 11.4. The van der Waals surface area contributed by atoms with E-state index in [2.05, 4.69) is 192 Å². The molecular formula is C40H30N2. The maximum Gasteiger partial charge on any atom is 0.0540 e. The third kappa shape index (κ3) is 5.02. The van der Waals surface area contributed by atoms with E-state index in [0.717, 1.165) is 34.1 Å². The third-order valence-corrected chi connectivity index (χ3v) is 7.61. The maximum atomic E-state index is 2.33. The second-order valence-electron chi connectivity index (χ2n) is 10.3. The monoisotopic (exact) mass is 538 g/mol. The van der Waals surface area contributed by atoms with Crippen LogP contribution in [0.15, 0.2) is 182 Å². The molecule has 200 valence electrons. The average molecular weight is 539 g/mol. The molecule has 2 heteroatoms. The van der Waals surface area contributed by atoms with Crippen LogP contribution in [0.3, 0.4) is 0 Å². The van der Waals surface area contributed by atoms with Gasteiger partial charge in [0, 0.05) is 33.8 Å². The van der Waals surface area contributed by atoms with E-state index in [1.54, 1.807) is 0 Å². The summed E-state index contributed by atoms with van der Waals surface area (Å²) >= 11 is 0. The van der Waals surface area contributed by atoms with Crippen LogP contribution in [0.4, 0.5) is 34.1 Å². The smallest absolute Gasteiger partial charge is 0.0540 e. The van der Waals surface area contributed by atoms with Gasteiger partial charge in [0.05, 0.1) is 5.69 Å². The van der Waals surface area contributed by atoms with E-state index in [1.807, 2.05) is 0 Å². The Balaban J connectivity index is 1.26. The lowest BCUT2D eigenvalue weighted by molar-refractivity contribution is 1.28. The van der Waals surface area contributed by atoms with Gasteiger partial charge in [0.1, 0.15) is 0 Å². The molecule has 7 aromatic rings. The lowest BCUT2D eigenvalue weighted by Crippen LogP contribution is -2.10. The largest absolute Gasteiger partial charge is 0.311 e. The zero-order valence-corrected chi connectivity index (χ0v) is 23.2. The number of hydrogen-bond acceptors (Lipinski definition) is 2. The van der Waals surface area contributed by atoms with E-state index in [4.69, 9.17) is 0 Å². The first kappa shape index (κ1) is 25.4. The van der Waals surface area contributed by atoms with Gasteiger partial charge in [0.25, 0.3) is 0 Å². The summed E-state index contributed by atoms with van der Waals surface area (Å²) in [6, 6.07) is 64.4. The Morgan fingerprint density at radius 3 is 1.21 bits per heavy atom. The molecule has 0 atom stereocenters. The van der Waals surface area contributed by atoms with E-state index < -0.39 is 0 Å². The van der Waals surface area contributed by atoms with Crippen LogP contribution in [0.25, 0.3) is 21.9 Å². The van der Waals surface area contributed by atoms with Crippen molar-refractivity contribution in [1.82, 2.24) is 0 Å². The van der Waals surface area contributed by atoms with Gasteiger partial charge in [-0.3, -0.25) is 0 Å². The van der Waals surface area contributed by atoms with Crippen molar-refractivity contribution in [2.75, 3.05) is 9.80 Å². The van der Waals surface area contributed by atoms with Gasteiger partial charge < -0.3 is 9.80 Å². The maximum absolute atomic E-state index is 2.33. The quantitative estimate of drug-likeness (QED) is 0.199. The van der Waals surface area contributed by atoms with Crippen LogP contribution in [0, 0.1) is 0 Å². The summed E-state index contributed by atoms with van der Waals surface area (Å²) in [6.07, 6.45) is 0. The number of fused-ring (bicyclic) bond motifs is 1. The van der Waals surface area contributed by atoms with Gasteiger partial charge in [-0.05, 0) is 89.3 Å². The second-order valence-corrected chi connectivity index (χ2v) is 10.3. The standard InChI is InChI=1S/C40H30N2/c1-5-15-34(16-6-1)41(35-17-7-2-8-18-35)38-27-24-31(25-28-38)32-26-29-39-33(30-32)14-13-23-40(39)42(36-19-9-3-10-20-36)37-21-11-4-12-22-37/h1-30H. The summed E-state index contributed by atoms with van der Waals surface area (Å²) in [7, 11) is 0. The molecule has 0 unspecified atom stereocenters. The molecule has 0 aromatic heterocycles. The zero-order chi connectivity index (χ0) is 28.1. The Hall–Kier alpha value is -5.60. The molecule has 0 saturated heterocycles. The molecule has 7 aromatic carbocycles. The van der Waals surface area contributed by atoms with E-state index >= 15 is 0 Å². The molecule has 0 N–H and O–H groups in total. The number of hydrogen-bond donors (Lipinski definition) is 0. The van der Waals surface area contributed by atoms with E-state index in [9.17, 15) is 0 Å². The van der Waals surface area contributed by atoms with Gasteiger partial charge in [-0.2, -0.15) is 0 Å². The lowest BCUT2D eigenvalue weighted by Gasteiger charge is -2.27. The van der Waals surface area contributed by atoms with Crippen molar-refractivity contribution in [2.24, 2.45) is 0 Å². The van der Waals surface area contributed by atoms with Gasteiger partial charge in [0.15, 0.2) is 0 Å². The molecule has 2 nitrogen and oxygen atoms in total. The van der Waals surface area contributed by atoms with Crippen molar-refractivity contribution in [3.05, 3.63) is 182 Å².